The van der Waals surface area contributed by atoms with E-state index >= 15 is 0 Å². The quantitative estimate of drug-likeness (QED) is 0.301. The first-order valence-corrected chi connectivity index (χ1v) is 12.0. The number of aryl methyl sites for hydroxylation is 1. The molecule has 0 radical (unpaired) electrons. The SMILES string of the molecule is Cc1cc([C@@H]2[C@@H](c3ccccn3)NC(=S)N2c2cc(Cl)ccc2O)c(C)n1-c1cccc(Cl)c1. The molecule has 2 aromatic carbocycles. The second-order valence-corrected chi connectivity index (χ2v) is 9.53. The average Bonchev–Trinajstić information content (AvgIpc) is 3.31. The van der Waals surface area contributed by atoms with Gasteiger partial charge in [0.05, 0.1) is 23.5 Å². The zero-order valence-corrected chi connectivity index (χ0v) is 20.9. The Kier molecular flexibility index (Phi) is 5.98. The summed E-state index contributed by atoms with van der Waals surface area (Å²) in [6.07, 6.45) is 1.77. The number of phenolic OH excluding ortho intramolecular Hbond substituents is 1. The third-order valence-electron chi connectivity index (χ3n) is 6.15. The minimum atomic E-state index is -0.272. The Morgan fingerprint density at radius 2 is 1.76 bits per heavy atom. The van der Waals surface area contributed by atoms with Gasteiger partial charge in [-0.2, -0.15) is 0 Å². The molecule has 0 amide bonds. The van der Waals surface area contributed by atoms with Crippen molar-refractivity contribution in [2.45, 2.75) is 25.9 Å². The predicted octanol–water partition coefficient (Wildman–Crippen LogP) is 6.68. The summed E-state index contributed by atoms with van der Waals surface area (Å²) in [4.78, 5) is 6.54. The molecule has 2 atom stereocenters. The number of aromatic nitrogens is 2. The van der Waals surface area contributed by atoms with E-state index in [1.807, 2.05) is 47.4 Å². The van der Waals surface area contributed by atoms with Crippen LogP contribution in [0.5, 0.6) is 5.75 Å². The molecule has 1 saturated heterocycles. The maximum absolute atomic E-state index is 10.7. The van der Waals surface area contributed by atoms with Crippen molar-refractivity contribution in [3.8, 4) is 11.4 Å². The lowest BCUT2D eigenvalue weighted by atomic mass is 9.96. The van der Waals surface area contributed by atoms with Crippen molar-refractivity contribution in [2.24, 2.45) is 0 Å². The average molecular weight is 509 g/mol. The first-order chi connectivity index (χ1) is 16.3. The second-order valence-electron chi connectivity index (χ2n) is 8.27. The van der Waals surface area contributed by atoms with Gasteiger partial charge in [-0.05, 0) is 86.2 Å². The minimum Gasteiger partial charge on any atom is -0.506 e. The Morgan fingerprint density at radius 3 is 2.50 bits per heavy atom. The van der Waals surface area contributed by atoms with Crippen LogP contribution in [0.25, 0.3) is 5.69 Å². The number of nitrogens with zero attached hydrogens (tertiary/aromatic N) is 3. The molecule has 4 aromatic rings. The molecule has 1 aliphatic rings. The molecule has 5 nitrogen and oxygen atoms in total. The molecule has 5 rings (SSSR count). The van der Waals surface area contributed by atoms with Gasteiger partial charge in [0.1, 0.15) is 5.75 Å². The summed E-state index contributed by atoms with van der Waals surface area (Å²) >= 11 is 18.4. The minimum absolute atomic E-state index is 0.101. The third-order valence-corrected chi connectivity index (χ3v) is 6.94. The molecule has 172 valence electrons. The number of pyridine rings is 1. The second kappa shape index (κ2) is 8.95. The number of halogens is 2. The van der Waals surface area contributed by atoms with E-state index in [0.29, 0.717) is 20.8 Å². The summed E-state index contributed by atoms with van der Waals surface area (Å²) in [5, 5.41) is 15.9. The monoisotopic (exact) mass is 508 g/mol. The van der Waals surface area contributed by atoms with Gasteiger partial charge in [0.25, 0.3) is 0 Å². The van der Waals surface area contributed by atoms with Crippen LogP contribution in [0.3, 0.4) is 0 Å². The van der Waals surface area contributed by atoms with Crippen molar-refractivity contribution in [1.29, 1.82) is 0 Å². The molecule has 2 aromatic heterocycles. The largest absolute Gasteiger partial charge is 0.506 e. The molecule has 1 fully saturated rings. The van der Waals surface area contributed by atoms with Gasteiger partial charge in [-0.1, -0.05) is 35.3 Å². The highest BCUT2D eigenvalue weighted by Gasteiger charge is 2.43. The fourth-order valence-corrected chi connectivity index (χ4v) is 5.41. The van der Waals surface area contributed by atoms with Gasteiger partial charge >= 0.3 is 0 Å². The van der Waals surface area contributed by atoms with Crippen LogP contribution in [0.2, 0.25) is 10.0 Å². The fraction of sp³-hybridized carbons (Fsp3) is 0.154. The standard InChI is InChI=1S/C26H22Cl2N4OS/c1-15-12-20(16(2)31(15)19-7-5-6-17(27)13-19)25-24(21-8-3-4-11-29-21)30-26(34)32(25)22-14-18(28)9-10-23(22)33/h3-14,24-25,33H,1-2H3,(H,30,34)/t24-,25-/m1/s1. The van der Waals surface area contributed by atoms with Crippen molar-refractivity contribution in [2.75, 3.05) is 4.90 Å². The molecule has 8 heteroatoms. The van der Waals surface area contributed by atoms with E-state index in [1.165, 1.54) is 0 Å². The number of phenols is 1. The number of anilines is 1. The number of rotatable bonds is 4. The van der Waals surface area contributed by atoms with Gasteiger partial charge in [-0.15, -0.1) is 0 Å². The van der Waals surface area contributed by atoms with Gasteiger partial charge in [0.15, 0.2) is 5.11 Å². The molecule has 0 bridgehead atoms. The topological polar surface area (TPSA) is 53.3 Å². The molecule has 0 unspecified atom stereocenters. The normalized spacial score (nSPS) is 17.8. The van der Waals surface area contributed by atoms with Crippen molar-refractivity contribution in [1.82, 2.24) is 14.9 Å². The van der Waals surface area contributed by atoms with E-state index in [2.05, 4.69) is 34.8 Å². The first kappa shape index (κ1) is 22.7. The summed E-state index contributed by atoms with van der Waals surface area (Å²) in [6.45, 7) is 4.14. The van der Waals surface area contributed by atoms with E-state index in [0.717, 1.165) is 28.3 Å². The van der Waals surface area contributed by atoms with Crippen molar-refractivity contribution in [3.05, 3.63) is 106 Å². The summed E-state index contributed by atoms with van der Waals surface area (Å²) in [7, 11) is 0. The van der Waals surface area contributed by atoms with E-state index in [9.17, 15) is 5.11 Å². The van der Waals surface area contributed by atoms with Crippen LogP contribution in [-0.2, 0) is 0 Å². The Labute approximate surface area is 213 Å². The lowest BCUT2D eigenvalue weighted by molar-refractivity contribution is 0.472. The number of nitrogens with one attached hydrogen (secondary N) is 1. The van der Waals surface area contributed by atoms with Crippen LogP contribution in [0.15, 0.2) is 72.9 Å². The van der Waals surface area contributed by atoms with Crippen LogP contribution >= 0.6 is 35.4 Å². The van der Waals surface area contributed by atoms with Crippen LogP contribution in [0, 0.1) is 13.8 Å². The lowest BCUT2D eigenvalue weighted by Gasteiger charge is -2.28. The molecule has 1 aliphatic heterocycles. The Bertz CT molecular complexity index is 1390. The summed E-state index contributed by atoms with van der Waals surface area (Å²) in [6, 6.07) is 20.2. The number of aromatic hydroxyl groups is 1. The molecule has 0 saturated carbocycles. The van der Waals surface area contributed by atoms with Gasteiger partial charge in [0.2, 0.25) is 0 Å². The zero-order chi connectivity index (χ0) is 24.0. The maximum Gasteiger partial charge on any atom is 0.174 e. The van der Waals surface area contributed by atoms with Gasteiger partial charge < -0.3 is 19.9 Å². The van der Waals surface area contributed by atoms with Gasteiger partial charge in [0, 0.05) is 33.3 Å². The van der Waals surface area contributed by atoms with Crippen LogP contribution in [0.1, 0.15) is 34.7 Å². The van der Waals surface area contributed by atoms with Crippen molar-refractivity contribution in [3.63, 3.8) is 0 Å². The maximum atomic E-state index is 10.7. The molecule has 34 heavy (non-hydrogen) atoms. The van der Waals surface area contributed by atoms with Crippen molar-refractivity contribution < 1.29 is 5.11 Å². The van der Waals surface area contributed by atoms with E-state index < -0.39 is 0 Å². The number of hydrogen-bond acceptors (Lipinski definition) is 3. The first-order valence-electron chi connectivity index (χ1n) is 10.8. The molecular formula is C26H22Cl2N4OS. The third kappa shape index (κ3) is 3.92. The molecular weight excluding hydrogens is 487 g/mol. The Morgan fingerprint density at radius 1 is 0.971 bits per heavy atom. The number of hydrogen-bond donors (Lipinski definition) is 2. The van der Waals surface area contributed by atoms with Gasteiger partial charge in [-0.3, -0.25) is 4.98 Å². The van der Waals surface area contributed by atoms with Crippen LogP contribution in [0.4, 0.5) is 5.69 Å². The highest BCUT2D eigenvalue weighted by molar-refractivity contribution is 7.80. The highest BCUT2D eigenvalue weighted by Crippen LogP contribution is 2.46. The summed E-state index contributed by atoms with van der Waals surface area (Å²) < 4.78 is 2.17. The zero-order valence-electron chi connectivity index (χ0n) is 18.5. The number of thiocarbonyl (C=S) groups is 1. The predicted molar refractivity (Wildman–Crippen MR) is 141 cm³/mol. The van der Waals surface area contributed by atoms with Gasteiger partial charge in [-0.25, -0.2) is 0 Å². The smallest absolute Gasteiger partial charge is 0.174 e. The Balaban J connectivity index is 1.71. The summed E-state index contributed by atoms with van der Waals surface area (Å²) in [5.74, 6) is 0.101. The highest BCUT2D eigenvalue weighted by atomic mass is 35.5. The van der Waals surface area contributed by atoms with Crippen molar-refractivity contribution >= 4 is 46.2 Å². The molecule has 2 N–H and O–H groups in total. The van der Waals surface area contributed by atoms with Crippen LogP contribution < -0.4 is 10.2 Å². The summed E-state index contributed by atoms with van der Waals surface area (Å²) in [5.41, 5.74) is 5.53. The molecule has 0 spiro atoms. The lowest BCUT2D eigenvalue weighted by Crippen LogP contribution is -2.29. The van der Waals surface area contributed by atoms with Crippen LogP contribution in [-0.4, -0.2) is 19.8 Å². The van der Waals surface area contributed by atoms with E-state index in [4.69, 9.17) is 35.4 Å². The Hall–Kier alpha value is -3.06. The fourth-order valence-electron chi connectivity index (χ4n) is 4.72. The molecule has 3 heterocycles. The molecule has 0 aliphatic carbocycles. The number of benzene rings is 2. The van der Waals surface area contributed by atoms with E-state index in [-0.39, 0.29) is 17.8 Å². The van der Waals surface area contributed by atoms with E-state index in [1.54, 1.807) is 24.4 Å².